The molecule has 3 heteroatoms. The Morgan fingerprint density at radius 3 is 2.74 bits per heavy atom. The first-order valence-corrected chi connectivity index (χ1v) is 8.08. The third-order valence-electron chi connectivity index (χ3n) is 3.69. The summed E-state index contributed by atoms with van der Waals surface area (Å²) in [5, 5.41) is 0. The fourth-order valence-electron chi connectivity index (χ4n) is 2.52. The average Bonchev–Trinajstić information content (AvgIpc) is 2.47. The molecule has 2 rings (SSSR count). The summed E-state index contributed by atoms with van der Waals surface area (Å²) >= 11 is 3.79. The maximum Gasteiger partial charge on any atom is 0.118 e. The van der Waals surface area contributed by atoms with Crippen LogP contribution in [-0.2, 0) is 11.2 Å². The second-order valence-corrected chi connectivity index (χ2v) is 6.51. The normalized spacial score (nSPS) is 21.1. The van der Waals surface area contributed by atoms with Crippen molar-refractivity contribution in [2.24, 2.45) is 0 Å². The Balaban J connectivity index is 1.71. The molecule has 0 amide bonds. The molecule has 0 spiro atoms. The molecule has 19 heavy (non-hydrogen) atoms. The lowest BCUT2D eigenvalue weighted by atomic mass is 10.0. The van der Waals surface area contributed by atoms with Gasteiger partial charge in [-0.05, 0) is 56.2 Å². The topological polar surface area (TPSA) is 18.5 Å². The van der Waals surface area contributed by atoms with Gasteiger partial charge in [0.25, 0.3) is 0 Å². The molecule has 1 aromatic rings. The molecule has 1 aromatic carbocycles. The minimum atomic E-state index is 0.490. The lowest BCUT2D eigenvalue weighted by Crippen LogP contribution is -2.20. The van der Waals surface area contributed by atoms with Crippen LogP contribution in [0, 0.1) is 0 Å². The molecule has 2 nitrogen and oxygen atoms in total. The van der Waals surface area contributed by atoms with Crippen LogP contribution < -0.4 is 4.74 Å². The highest BCUT2D eigenvalue weighted by Gasteiger charge is 2.15. The summed E-state index contributed by atoms with van der Waals surface area (Å²) in [6.07, 6.45) is 7.71. The molecule has 2 atom stereocenters. The maximum atomic E-state index is 5.77. The van der Waals surface area contributed by atoms with Crippen LogP contribution in [0.1, 0.15) is 37.7 Å². The minimum Gasteiger partial charge on any atom is -0.497 e. The van der Waals surface area contributed by atoms with Gasteiger partial charge in [0, 0.05) is 11.4 Å². The first-order chi connectivity index (χ1) is 9.28. The van der Waals surface area contributed by atoms with E-state index in [4.69, 9.17) is 9.47 Å². The van der Waals surface area contributed by atoms with Crippen molar-refractivity contribution in [2.75, 3.05) is 13.7 Å². The van der Waals surface area contributed by atoms with Crippen LogP contribution in [0.25, 0.3) is 0 Å². The largest absolute Gasteiger partial charge is 0.497 e. The van der Waals surface area contributed by atoms with Crippen LogP contribution >= 0.6 is 15.9 Å². The summed E-state index contributed by atoms with van der Waals surface area (Å²) in [5.41, 5.74) is 1.35. The average molecular weight is 327 g/mol. The van der Waals surface area contributed by atoms with E-state index in [1.165, 1.54) is 37.7 Å². The van der Waals surface area contributed by atoms with E-state index >= 15 is 0 Å². The standard InChI is InChI=1S/C16H23BrO2/c1-18-15-8-5-13(6-9-15)12-14(17)7-10-16-4-2-3-11-19-16/h5-6,8-9,14,16H,2-4,7,10-12H2,1H3. The number of hydrogen-bond donors (Lipinski definition) is 0. The van der Waals surface area contributed by atoms with Crippen molar-refractivity contribution in [1.82, 2.24) is 0 Å². The molecule has 1 heterocycles. The summed E-state index contributed by atoms with van der Waals surface area (Å²) < 4.78 is 10.9. The quantitative estimate of drug-likeness (QED) is 0.723. The van der Waals surface area contributed by atoms with Gasteiger partial charge in [-0.25, -0.2) is 0 Å². The van der Waals surface area contributed by atoms with Crippen molar-refractivity contribution in [3.05, 3.63) is 29.8 Å². The lowest BCUT2D eigenvalue weighted by molar-refractivity contribution is 0.0102. The molecule has 1 aliphatic heterocycles. The van der Waals surface area contributed by atoms with Crippen LogP contribution in [0.4, 0.5) is 0 Å². The molecule has 0 saturated carbocycles. The van der Waals surface area contributed by atoms with Crippen LogP contribution in [-0.4, -0.2) is 24.6 Å². The zero-order chi connectivity index (χ0) is 13.5. The van der Waals surface area contributed by atoms with Gasteiger partial charge >= 0.3 is 0 Å². The van der Waals surface area contributed by atoms with Gasteiger partial charge in [0.05, 0.1) is 13.2 Å². The second kappa shape index (κ2) is 7.91. The Bertz CT molecular complexity index is 358. The number of benzene rings is 1. The fraction of sp³-hybridized carbons (Fsp3) is 0.625. The highest BCUT2D eigenvalue weighted by molar-refractivity contribution is 9.09. The molecular weight excluding hydrogens is 304 g/mol. The molecule has 0 aromatic heterocycles. The zero-order valence-corrected chi connectivity index (χ0v) is 13.2. The molecule has 0 bridgehead atoms. The first-order valence-electron chi connectivity index (χ1n) is 7.16. The fourth-order valence-corrected chi connectivity index (χ4v) is 3.16. The van der Waals surface area contributed by atoms with Gasteiger partial charge in [-0.3, -0.25) is 0 Å². The SMILES string of the molecule is COc1ccc(CC(Br)CCC2CCCCO2)cc1. The predicted molar refractivity (Wildman–Crippen MR) is 82.2 cm³/mol. The van der Waals surface area contributed by atoms with Crippen molar-refractivity contribution in [2.45, 2.75) is 49.5 Å². The Kier molecular flexibility index (Phi) is 6.18. The number of halogens is 1. The van der Waals surface area contributed by atoms with E-state index in [0.717, 1.165) is 18.8 Å². The summed E-state index contributed by atoms with van der Waals surface area (Å²) in [6, 6.07) is 8.34. The van der Waals surface area contributed by atoms with Crippen molar-refractivity contribution in [3.63, 3.8) is 0 Å². The maximum absolute atomic E-state index is 5.77. The Morgan fingerprint density at radius 1 is 1.32 bits per heavy atom. The van der Waals surface area contributed by atoms with E-state index in [0.29, 0.717) is 10.9 Å². The van der Waals surface area contributed by atoms with Gasteiger partial charge < -0.3 is 9.47 Å². The number of rotatable bonds is 6. The Morgan fingerprint density at radius 2 is 2.11 bits per heavy atom. The van der Waals surface area contributed by atoms with E-state index in [-0.39, 0.29) is 0 Å². The summed E-state index contributed by atoms with van der Waals surface area (Å²) in [4.78, 5) is 0.534. The van der Waals surface area contributed by atoms with Crippen molar-refractivity contribution in [1.29, 1.82) is 0 Å². The van der Waals surface area contributed by atoms with Crippen LogP contribution in [0.2, 0.25) is 0 Å². The summed E-state index contributed by atoms with van der Waals surface area (Å²) in [5.74, 6) is 0.922. The van der Waals surface area contributed by atoms with Gasteiger partial charge in [0.2, 0.25) is 0 Å². The van der Waals surface area contributed by atoms with Crippen molar-refractivity contribution >= 4 is 15.9 Å². The molecule has 1 aliphatic rings. The van der Waals surface area contributed by atoms with Crippen LogP contribution in [0.15, 0.2) is 24.3 Å². The molecule has 0 N–H and O–H groups in total. The Labute approximate surface area is 124 Å². The lowest BCUT2D eigenvalue weighted by Gasteiger charge is -2.23. The highest BCUT2D eigenvalue weighted by atomic mass is 79.9. The second-order valence-electron chi connectivity index (χ2n) is 5.22. The molecule has 0 radical (unpaired) electrons. The monoisotopic (exact) mass is 326 g/mol. The summed E-state index contributed by atoms with van der Waals surface area (Å²) in [7, 11) is 1.70. The number of alkyl halides is 1. The third-order valence-corrected chi connectivity index (χ3v) is 4.47. The van der Waals surface area contributed by atoms with Gasteiger partial charge in [0.1, 0.15) is 5.75 Å². The minimum absolute atomic E-state index is 0.490. The molecule has 106 valence electrons. The predicted octanol–water partition coefficient (Wildman–Crippen LogP) is 4.35. The molecule has 0 aliphatic carbocycles. The number of ether oxygens (including phenoxy) is 2. The van der Waals surface area contributed by atoms with E-state index < -0.39 is 0 Å². The molecular formula is C16H23BrO2. The first kappa shape index (κ1) is 14.9. The summed E-state index contributed by atoms with van der Waals surface area (Å²) in [6.45, 7) is 0.954. The molecule has 1 fully saturated rings. The molecule has 1 saturated heterocycles. The van der Waals surface area contributed by atoms with E-state index in [1.54, 1.807) is 7.11 Å². The van der Waals surface area contributed by atoms with Gasteiger partial charge in [-0.1, -0.05) is 28.1 Å². The van der Waals surface area contributed by atoms with Gasteiger partial charge in [-0.2, -0.15) is 0 Å². The van der Waals surface area contributed by atoms with Crippen molar-refractivity contribution < 1.29 is 9.47 Å². The van der Waals surface area contributed by atoms with E-state index in [1.807, 2.05) is 12.1 Å². The van der Waals surface area contributed by atoms with E-state index in [9.17, 15) is 0 Å². The van der Waals surface area contributed by atoms with E-state index in [2.05, 4.69) is 28.1 Å². The smallest absolute Gasteiger partial charge is 0.118 e. The Hall–Kier alpha value is -0.540. The number of methoxy groups -OCH3 is 1. The van der Waals surface area contributed by atoms with Crippen LogP contribution in [0.5, 0.6) is 5.75 Å². The van der Waals surface area contributed by atoms with Crippen molar-refractivity contribution in [3.8, 4) is 5.75 Å². The number of hydrogen-bond acceptors (Lipinski definition) is 2. The van der Waals surface area contributed by atoms with Gasteiger partial charge in [0.15, 0.2) is 0 Å². The van der Waals surface area contributed by atoms with Gasteiger partial charge in [-0.15, -0.1) is 0 Å². The zero-order valence-electron chi connectivity index (χ0n) is 11.6. The third kappa shape index (κ3) is 5.15. The highest BCUT2D eigenvalue weighted by Crippen LogP contribution is 2.22. The van der Waals surface area contributed by atoms with Crippen LogP contribution in [0.3, 0.4) is 0 Å². The molecule has 2 unspecified atom stereocenters.